The van der Waals surface area contributed by atoms with E-state index >= 15 is 0 Å². The van der Waals surface area contributed by atoms with Crippen molar-refractivity contribution < 1.29 is 14.0 Å². The second-order valence-corrected chi connectivity index (χ2v) is 7.59. The summed E-state index contributed by atoms with van der Waals surface area (Å²) in [5, 5.41) is 5.49. The standard InChI is InChI=1S/C26H21N3O4/c1-16-7-6-8-17(13-16)29-15-22(19-9-4-5-10-20(19)26(29)30)25-27-24(28-33-25)21-12-11-18(31-2)14-23(21)32-3/h4-15H,1-3H3. The molecule has 0 amide bonds. The van der Waals surface area contributed by atoms with Crippen LogP contribution >= 0.6 is 0 Å². The Labute approximate surface area is 189 Å². The molecular formula is C26H21N3O4. The number of rotatable bonds is 5. The van der Waals surface area contributed by atoms with Gasteiger partial charge < -0.3 is 14.0 Å². The Morgan fingerprint density at radius 2 is 1.70 bits per heavy atom. The third-order valence-electron chi connectivity index (χ3n) is 5.51. The van der Waals surface area contributed by atoms with E-state index in [0.717, 1.165) is 16.6 Å². The van der Waals surface area contributed by atoms with Gasteiger partial charge >= 0.3 is 0 Å². The van der Waals surface area contributed by atoms with Crippen LogP contribution in [0.2, 0.25) is 0 Å². The summed E-state index contributed by atoms with van der Waals surface area (Å²) in [6.07, 6.45) is 1.75. The summed E-state index contributed by atoms with van der Waals surface area (Å²) in [7, 11) is 3.17. The second-order valence-electron chi connectivity index (χ2n) is 7.59. The highest BCUT2D eigenvalue weighted by molar-refractivity contribution is 5.94. The van der Waals surface area contributed by atoms with Gasteiger partial charge in [-0.15, -0.1) is 0 Å². The highest BCUT2D eigenvalue weighted by atomic mass is 16.5. The molecule has 0 atom stereocenters. The monoisotopic (exact) mass is 439 g/mol. The van der Waals surface area contributed by atoms with Gasteiger partial charge in [0.05, 0.1) is 25.3 Å². The highest BCUT2D eigenvalue weighted by Gasteiger charge is 2.19. The van der Waals surface area contributed by atoms with E-state index in [0.29, 0.717) is 39.7 Å². The van der Waals surface area contributed by atoms with Crippen molar-refractivity contribution in [3.8, 4) is 40.0 Å². The van der Waals surface area contributed by atoms with Gasteiger partial charge in [0, 0.05) is 28.7 Å². The van der Waals surface area contributed by atoms with E-state index in [1.807, 2.05) is 55.5 Å². The van der Waals surface area contributed by atoms with E-state index in [4.69, 9.17) is 14.0 Å². The molecule has 0 radical (unpaired) electrons. The minimum Gasteiger partial charge on any atom is -0.497 e. The molecule has 0 aliphatic rings. The zero-order valence-corrected chi connectivity index (χ0v) is 18.4. The number of hydrogen-bond acceptors (Lipinski definition) is 6. The molecule has 164 valence electrons. The number of aromatic nitrogens is 3. The molecule has 2 heterocycles. The first-order valence-electron chi connectivity index (χ1n) is 10.4. The summed E-state index contributed by atoms with van der Waals surface area (Å²) < 4.78 is 18.0. The van der Waals surface area contributed by atoms with Crippen molar-refractivity contribution in [3.05, 3.63) is 88.8 Å². The molecule has 7 heteroatoms. The second kappa shape index (κ2) is 8.27. The van der Waals surface area contributed by atoms with Crippen LogP contribution in [0.4, 0.5) is 0 Å². The number of hydrogen-bond donors (Lipinski definition) is 0. The predicted octanol–water partition coefficient (Wildman–Crippen LogP) is 5.03. The zero-order chi connectivity index (χ0) is 22.9. The first kappa shape index (κ1) is 20.5. The number of nitrogens with zero attached hydrogens (tertiary/aromatic N) is 3. The molecule has 5 rings (SSSR count). The minimum absolute atomic E-state index is 0.114. The minimum atomic E-state index is -0.114. The smallest absolute Gasteiger partial charge is 0.262 e. The van der Waals surface area contributed by atoms with E-state index < -0.39 is 0 Å². The van der Waals surface area contributed by atoms with Crippen molar-refractivity contribution in [1.29, 1.82) is 0 Å². The van der Waals surface area contributed by atoms with Crippen LogP contribution in [0.15, 0.2) is 82.2 Å². The summed E-state index contributed by atoms with van der Waals surface area (Å²) in [5.74, 6) is 1.91. The molecular weight excluding hydrogens is 418 g/mol. The van der Waals surface area contributed by atoms with E-state index in [2.05, 4.69) is 10.1 Å². The first-order chi connectivity index (χ1) is 16.1. The van der Waals surface area contributed by atoms with Crippen LogP contribution in [0.5, 0.6) is 11.5 Å². The Morgan fingerprint density at radius 3 is 2.45 bits per heavy atom. The van der Waals surface area contributed by atoms with Gasteiger partial charge in [-0.2, -0.15) is 4.98 Å². The molecule has 0 aliphatic heterocycles. The number of fused-ring (bicyclic) bond motifs is 1. The van der Waals surface area contributed by atoms with Crippen molar-refractivity contribution in [2.24, 2.45) is 0 Å². The molecule has 33 heavy (non-hydrogen) atoms. The lowest BCUT2D eigenvalue weighted by Crippen LogP contribution is -2.18. The van der Waals surface area contributed by atoms with Gasteiger partial charge in [-0.05, 0) is 42.8 Å². The average molecular weight is 439 g/mol. The molecule has 2 aromatic heterocycles. The molecule has 0 unspecified atom stereocenters. The number of ether oxygens (including phenoxy) is 2. The maximum absolute atomic E-state index is 13.3. The van der Waals surface area contributed by atoms with Crippen LogP contribution in [0.25, 0.3) is 39.3 Å². The average Bonchev–Trinajstić information content (AvgIpc) is 3.34. The summed E-state index contributed by atoms with van der Waals surface area (Å²) in [4.78, 5) is 17.9. The van der Waals surface area contributed by atoms with E-state index in [-0.39, 0.29) is 5.56 Å². The van der Waals surface area contributed by atoms with Crippen LogP contribution in [0.3, 0.4) is 0 Å². The van der Waals surface area contributed by atoms with Gasteiger partial charge in [0.15, 0.2) is 0 Å². The van der Waals surface area contributed by atoms with Crippen molar-refractivity contribution in [2.75, 3.05) is 14.2 Å². The molecule has 3 aromatic carbocycles. The van der Waals surface area contributed by atoms with Crippen LogP contribution in [-0.4, -0.2) is 28.9 Å². The lowest BCUT2D eigenvalue weighted by molar-refractivity contribution is 0.394. The number of pyridine rings is 1. The maximum atomic E-state index is 13.3. The molecule has 0 saturated carbocycles. The van der Waals surface area contributed by atoms with Gasteiger partial charge in [0.25, 0.3) is 11.4 Å². The molecule has 7 nitrogen and oxygen atoms in total. The molecule has 0 aliphatic carbocycles. The van der Waals surface area contributed by atoms with Crippen LogP contribution < -0.4 is 15.0 Å². The van der Waals surface area contributed by atoms with Gasteiger partial charge in [0.2, 0.25) is 5.82 Å². The Balaban J connectivity index is 1.70. The molecule has 0 fully saturated rings. The first-order valence-corrected chi connectivity index (χ1v) is 10.4. The third kappa shape index (κ3) is 3.63. The SMILES string of the molecule is COc1ccc(-c2noc(-c3cn(-c4cccc(C)c4)c(=O)c4ccccc34)n2)c(OC)c1. The zero-order valence-electron chi connectivity index (χ0n) is 18.4. The molecule has 0 saturated heterocycles. The number of methoxy groups -OCH3 is 2. The van der Waals surface area contributed by atoms with Crippen molar-refractivity contribution in [2.45, 2.75) is 6.92 Å². The normalized spacial score (nSPS) is 11.0. The lowest BCUT2D eigenvalue weighted by Gasteiger charge is -2.11. The van der Waals surface area contributed by atoms with Crippen molar-refractivity contribution in [1.82, 2.24) is 14.7 Å². The van der Waals surface area contributed by atoms with Gasteiger partial charge in [-0.25, -0.2) is 0 Å². The topological polar surface area (TPSA) is 79.4 Å². The largest absolute Gasteiger partial charge is 0.497 e. The van der Waals surface area contributed by atoms with Gasteiger partial charge in [0.1, 0.15) is 11.5 Å². The fraction of sp³-hybridized carbons (Fsp3) is 0.115. The fourth-order valence-corrected chi connectivity index (χ4v) is 3.86. The highest BCUT2D eigenvalue weighted by Crippen LogP contribution is 2.34. The lowest BCUT2D eigenvalue weighted by atomic mass is 10.1. The number of aryl methyl sites for hydroxylation is 1. The van der Waals surface area contributed by atoms with Crippen LogP contribution in [-0.2, 0) is 0 Å². The fourth-order valence-electron chi connectivity index (χ4n) is 3.86. The van der Waals surface area contributed by atoms with E-state index in [9.17, 15) is 4.79 Å². The summed E-state index contributed by atoms with van der Waals surface area (Å²) in [5.41, 5.74) is 3.04. The summed E-state index contributed by atoms with van der Waals surface area (Å²) in [6, 6.07) is 20.6. The van der Waals surface area contributed by atoms with Gasteiger partial charge in [-0.1, -0.05) is 35.5 Å². The molecule has 0 spiro atoms. The molecule has 0 N–H and O–H groups in total. The predicted molar refractivity (Wildman–Crippen MR) is 126 cm³/mol. The number of benzene rings is 3. The van der Waals surface area contributed by atoms with Crippen molar-refractivity contribution >= 4 is 10.8 Å². The third-order valence-corrected chi connectivity index (χ3v) is 5.51. The summed E-state index contributed by atoms with van der Waals surface area (Å²) >= 11 is 0. The van der Waals surface area contributed by atoms with E-state index in [1.54, 1.807) is 43.2 Å². The molecule has 0 bridgehead atoms. The Morgan fingerprint density at radius 1 is 0.879 bits per heavy atom. The quantitative estimate of drug-likeness (QED) is 0.382. The maximum Gasteiger partial charge on any atom is 0.262 e. The summed E-state index contributed by atoms with van der Waals surface area (Å²) in [6.45, 7) is 1.99. The Kier molecular flexibility index (Phi) is 5.14. The van der Waals surface area contributed by atoms with Crippen LogP contribution in [0.1, 0.15) is 5.56 Å². The Hall–Kier alpha value is -4.39. The van der Waals surface area contributed by atoms with Crippen LogP contribution in [0, 0.1) is 6.92 Å². The van der Waals surface area contributed by atoms with Crippen molar-refractivity contribution in [3.63, 3.8) is 0 Å². The van der Waals surface area contributed by atoms with Gasteiger partial charge in [-0.3, -0.25) is 9.36 Å². The Bertz CT molecular complexity index is 1530. The van der Waals surface area contributed by atoms with E-state index in [1.165, 1.54) is 0 Å². The molecule has 5 aromatic rings.